The van der Waals surface area contributed by atoms with Crippen molar-refractivity contribution in [3.8, 4) is 0 Å². The second-order valence-electron chi connectivity index (χ2n) is 0.447. The van der Waals surface area contributed by atoms with Crippen molar-refractivity contribution in [2.75, 3.05) is 0 Å². The van der Waals surface area contributed by atoms with E-state index in [0.29, 0.717) is 0 Å². The van der Waals surface area contributed by atoms with Crippen molar-refractivity contribution in [3.05, 3.63) is 30.6 Å². The first-order valence-corrected chi connectivity index (χ1v) is 1.10. The van der Waals surface area contributed by atoms with E-state index >= 15 is 0 Å². The number of rotatable bonds is 0. The molecule has 0 atom stereocenters. The Morgan fingerprint density at radius 2 is 0.800 bits per heavy atom. The molecule has 0 amide bonds. The molecule has 0 aliphatic heterocycles. The second-order valence-corrected chi connectivity index (χ2v) is 0.447. The largest absolute Gasteiger partial charge is 2.00 e. The van der Waals surface area contributed by atoms with Crippen LogP contribution in [0.2, 0.25) is 0 Å². The van der Waals surface area contributed by atoms with Gasteiger partial charge in [0, 0.05) is 0 Å². The van der Waals surface area contributed by atoms with E-state index in [1.807, 2.05) is 0 Å². The van der Waals surface area contributed by atoms with E-state index < -0.39 is 10.2 Å². The molecule has 0 N–H and O–H groups in total. The third-order valence-corrected chi connectivity index (χ3v) is 0. The summed E-state index contributed by atoms with van der Waals surface area (Å²) in [6, 6.07) is 0. The summed E-state index contributed by atoms with van der Waals surface area (Å²) >= 11 is 0. The molecule has 0 fully saturated rings. The van der Waals surface area contributed by atoms with E-state index in [1.165, 1.54) is 0 Å². The van der Waals surface area contributed by atoms with Gasteiger partial charge in [-0.1, -0.05) is 0 Å². The van der Waals surface area contributed by atoms with Crippen LogP contribution in [0.4, 0.5) is 0 Å². The van der Waals surface area contributed by atoms with Gasteiger partial charge in [0.25, 0.3) is 0 Å². The van der Waals surface area contributed by atoms with Crippen molar-refractivity contribution in [2.24, 2.45) is 0 Å². The van der Waals surface area contributed by atoms with Gasteiger partial charge in [-0.15, -0.1) is 0 Å². The predicted octanol–water partition coefficient (Wildman–Crippen LogP) is -3.48. The van der Waals surface area contributed by atoms with Crippen molar-refractivity contribution in [2.45, 2.75) is 0 Å². The molecule has 0 aliphatic carbocycles. The fourth-order valence-corrected chi connectivity index (χ4v) is 0. The summed E-state index contributed by atoms with van der Waals surface area (Å²) in [5, 5.41) is 29.5. The molecule has 8 nitrogen and oxygen atoms in total. The number of nitrogens with zero attached hydrogens (tertiary/aromatic N) is 2. The molecule has 54 valence electrons. The first-order valence-electron chi connectivity index (χ1n) is 1.10. The molecule has 0 bridgehead atoms. The zero-order chi connectivity index (χ0) is 7.15. The molecular formula is FeN2NaO6+. The Hall–Kier alpha value is -0.0805. The van der Waals surface area contributed by atoms with E-state index in [9.17, 15) is 0 Å². The van der Waals surface area contributed by atoms with Crippen molar-refractivity contribution in [3.63, 3.8) is 0 Å². The van der Waals surface area contributed by atoms with Crippen LogP contribution < -0.4 is 29.6 Å². The van der Waals surface area contributed by atoms with E-state index in [2.05, 4.69) is 0 Å². The Kier molecular flexibility index (Phi) is 36.0. The minimum absolute atomic E-state index is 0. The normalized spacial score (nSPS) is 4.80. The van der Waals surface area contributed by atoms with Gasteiger partial charge in [0.05, 0.1) is 10.2 Å². The fraction of sp³-hybridized carbons (Fsp3) is 0. The average Bonchev–Trinajstić information content (AvgIpc) is 1.25. The van der Waals surface area contributed by atoms with Gasteiger partial charge in [0.15, 0.2) is 0 Å². The van der Waals surface area contributed by atoms with Crippen LogP contribution in [0.3, 0.4) is 0 Å². The van der Waals surface area contributed by atoms with Crippen LogP contribution >= 0.6 is 0 Å². The summed E-state index contributed by atoms with van der Waals surface area (Å²) in [5.74, 6) is 0. The molecule has 0 heterocycles. The van der Waals surface area contributed by atoms with E-state index in [0.717, 1.165) is 0 Å². The van der Waals surface area contributed by atoms with Crippen molar-refractivity contribution >= 4 is 0 Å². The molecule has 0 saturated carbocycles. The molecule has 0 aromatic rings. The van der Waals surface area contributed by atoms with Gasteiger partial charge in [-0.3, -0.25) is 0 Å². The molecule has 10 heavy (non-hydrogen) atoms. The van der Waals surface area contributed by atoms with Crippen molar-refractivity contribution in [1.82, 2.24) is 0 Å². The minimum atomic E-state index is -1.75. The van der Waals surface area contributed by atoms with Crippen LogP contribution in [0.15, 0.2) is 0 Å². The quantitative estimate of drug-likeness (QED) is 0.228. The molecule has 0 unspecified atom stereocenters. The van der Waals surface area contributed by atoms with Gasteiger partial charge in [-0.05, 0) is 0 Å². The fourth-order valence-electron chi connectivity index (χ4n) is 0. The summed E-state index contributed by atoms with van der Waals surface area (Å²) in [7, 11) is 0. The van der Waals surface area contributed by atoms with Crippen LogP contribution in [0, 0.1) is 30.6 Å². The SMILES string of the molecule is O=[N+]([O-])[O-].O=[N+]([O-])[O-].[Fe+2].[Na+]. The zero-order valence-electron chi connectivity index (χ0n) is 4.70. The molecular weight excluding hydrogens is 203 g/mol. The van der Waals surface area contributed by atoms with Gasteiger partial charge >= 0.3 is 46.6 Å². The van der Waals surface area contributed by atoms with Crippen LogP contribution in [-0.4, -0.2) is 10.2 Å². The monoisotopic (exact) mass is 203 g/mol. The molecule has 0 aliphatic rings. The Labute approximate surface area is 87.2 Å². The molecule has 0 aromatic heterocycles. The van der Waals surface area contributed by atoms with Gasteiger partial charge in [0.1, 0.15) is 0 Å². The third kappa shape index (κ3) is 58500. The predicted molar refractivity (Wildman–Crippen MR) is 20.7 cm³/mol. The maximum Gasteiger partial charge on any atom is 2.00 e. The molecule has 0 spiro atoms. The third-order valence-electron chi connectivity index (χ3n) is 0. The molecule has 10 heteroatoms. The minimum Gasteiger partial charge on any atom is -0.356 e. The van der Waals surface area contributed by atoms with Crippen LogP contribution in [0.5, 0.6) is 0 Å². The standard InChI is InChI=1S/Fe.2NO3.Na/c;2*2-1(3)4;/q+2;2*-1;+1. The van der Waals surface area contributed by atoms with E-state index in [4.69, 9.17) is 30.6 Å². The summed E-state index contributed by atoms with van der Waals surface area (Å²) in [6.45, 7) is 0. The first kappa shape index (κ1) is 22.5. The summed E-state index contributed by atoms with van der Waals surface area (Å²) < 4.78 is 0. The smallest absolute Gasteiger partial charge is 0.356 e. The Balaban J connectivity index is -0.0000000300. The summed E-state index contributed by atoms with van der Waals surface area (Å²) in [5.41, 5.74) is 0. The van der Waals surface area contributed by atoms with Crippen LogP contribution in [-0.2, 0) is 17.1 Å². The number of hydrogen-bond acceptors (Lipinski definition) is 6. The van der Waals surface area contributed by atoms with E-state index in [-0.39, 0.29) is 46.6 Å². The summed E-state index contributed by atoms with van der Waals surface area (Å²) in [4.78, 5) is 16.5. The Morgan fingerprint density at radius 1 is 0.800 bits per heavy atom. The topological polar surface area (TPSA) is 132 Å². The Bertz CT molecular complexity index is 73.7. The second kappa shape index (κ2) is 16.0. The van der Waals surface area contributed by atoms with Crippen molar-refractivity contribution < 1.29 is 56.8 Å². The molecule has 0 saturated heterocycles. The zero-order valence-corrected chi connectivity index (χ0v) is 7.80. The van der Waals surface area contributed by atoms with Gasteiger partial charge in [0.2, 0.25) is 0 Å². The molecule has 0 aromatic carbocycles. The number of hydrogen-bond donors (Lipinski definition) is 0. The van der Waals surface area contributed by atoms with Gasteiger partial charge in [-0.25, -0.2) is 0 Å². The van der Waals surface area contributed by atoms with Crippen molar-refractivity contribution in [1.29, 1.82) is 0 Å². The van der Waals surface area contributed by atoms with E-state index in [1.54, 1.807) is 0 Å². The maximum atomic E-state index is 8.25. The van der Waals surface area contributed by atoms with Crippen LogP contribution in [0.1, 0.15) is 0 Å². The molecule has 0 radical (unpaired) electrons. The average molecular weight is 203 g/mol. The maximum absolute atomic E-state index is 8.25. The molecule has 0 rings (SSSR count). The van der Waals surface area contributed by atoms with Crippen LogP contribution in [0.25, 0.3) is 0 Å². The first-order chi connectivity index (χ1) is 3.46. The Morgan fingerprint density at radius 3 is 0.800 bits per heavy atom. The summed E-state index contributed by atoms with van der Waals surface area (Å²) in [6.07, 6.45) is 0. The van der Waals surface area contributed by atoms with Gasteiger partial charge in [-0.2, -0.15) is 0 Å². The van der Waals surface area contributed by atoms with Gasteiger partial charge < -0.3 is 30.6 Å².